The summed E-state index contributed by atoms with van der Waals surface area (Å²) in [6.45, 7) is 0.597. The molecule has 0 unspecified atom stereocenters. The van der Waals surface area contributed by atoms with Crippen molar-refractivity contribution in [3.8, 4) is 5.75 Å². The molecular weight excluding hydrogens is 194 g/mol. The summed E-state index contributed by atoms with van der Waals surface area (Å²) in [5.74, 6) is -0.658. The molecule has 15 heavy (non-hydrogen) atoms. The Labute approximate surface area is 88.8 Å². The van der Waals surface area contributed by atoms with Crippen molar-refractivity contribution in [1.82, 2.24) is 4.90 Å². The third-order valence-corrected chi connectivity index (χ3v) is 1.99. The molecule has 0 aromatic heterocycles. The Kier molecular flexibility index (Phi) is 3.68. The average Bonchev–Trinajstić information content (AvgIpc) is 2.09. The fourth-order valence-corrected chi connectivity index (χ4v) is 1.39. The minimum Gasteiger partial charge on any atom is -0.508 e. The molecule has 1 rings (SSSR count). The van der Waals surface area contributed by atoms with Crippen molar-refractivity contribution in [3.05, 3.63) is 29.3 Å². The number of phenols is 1. The number of aliphatic carboxylic acids is 1. The predicted octanol–water partition coefficient (Wildman–Crippen LogP) is 1.08. The van der Waals surface area contributed by atoms with E-state index in [0.717, 1.165) is 5.56 Å². The maximum Gasteiger partial charge on any atom is 0.307 e. The molecule has 0 fully saturated rings. The van der Waals surface area contributed by atoms with E-state index in [1.165, 1.54) is 6.07 Å². The van der Waals surface area contributed by atoms with Gasteiger partial charge in [-0.05, 0) is 25.7 Å². The first kappa shape index (κ1) is 11.5. The van der Waals surface area contributed by atoms with Gasteiger partial charge < -0.3 is 15.1 Å². The molecule has 0 heterocycles. The molecule has 0 radical (unpaired) electrons. The van der Waals surface area contributed by atoms with Crippen LogP contribution in [0.25, 0.3) is 0 Å². The molecule has 4 heteroatoms. The first-order valence-corrected chi connectivity index (χ1v) is 4.66. The van der Waals surface area contributed by atoms with Crippen LogP contribution in [0.5, 0.6) is 5.75 Å². The van der Waals surface area contributed by atoms with Crippen LogP contribution in [0.2, 0.25) is 0 Å². The van der Waals surface area contributed by atoms with Gasteiger partial charge in [0.1, 0.15) is 5.75 Å². The van der Waals surface area contributed by atoms with E-state index in [2.05, 4.69) is 0 Å². The topological polar surface area (TPSA) is 60.8 Å². The van der Waals surface area contributed by atoms with E-state index in [1.54, 1.807) is 12.1 Å². The number of nitrogens with zero attached hydrogens (tertiary/aromatic N) is 1. The molecule has 0 atom stereocenters. The van der Waals surface area contributed by atoms with E-state index in [1.807, 2.05) is 19.0 Å². The Hall–Kier alpha value is -1.55. The van der Waals surface area contributed by atoms with Gasteiger partial charge >= 0.3 is 5.97 Å². The summed E-state index contributed by atoms with van der Waals surface area (Å²) >= 11 is 0. The SMILES string of the molecule is CN(C)Cc1cc(CC(=O)O)ccc1O. The van der Waals surface area contributed by atoms with E-state index in [4.69, 9.17) is 5.11 Å². The summed E-state index contributed by atoms with van der Waals surface area (Å²) in [5.41, 5.74) is 1.45. The Morgan fingerprint density at radius 1 is 1.40 bits per heavy atom. The molecule has 0 amide bonds. The maximum atomic E-state index is 10.5. The van der Waals surface area contributed by atoms with Crippen LogP contribution in [-0.4, -0.2) is 35.2 Å². The number of rotatable bonds is 4. The Balaban J connectivity index is 2.89. The third-order valence-electron chi connectivity index (χ3n) is 1.99. The number of carboxylic acids is 1. The zero-order valence-electron chi connectivity index (χ0n) is 8.90. The van der Waals surface area contributed by atoms with Crippen molar-refractivity contribution in [2.24, 2.45) is 0 Å². The number of aromatic hydroxyl groups is 1. The highest BCUT2D eigenvalue weighted by Crippen LogP contribution is 2.19. The highest BCUT2D eigenvalue weighted by molar-refractivity contribution is 5.70. The van der Waals surface area contributed by atoms with Crippen LogP contribution in [0, 0.1) is 0 Å². The number of phenolic OH excluding ortho intramolecular Hbond substituents is 1. The van der Waals surface area contributed by atoms with Crippen LogP contribution in [0.1, 0.15) is 11.1 Å². The van der Waals surface area contributed by atoms with E-state index < -0.39 is 5.97 Å². The second-order valence-corrected chi connectivity index (χ2v) is 3.77. The molecule has 0 aliphatic heterocycles. The summed E-state index contributed by atoms with van der Waals surface area (Å²) in [6.07, 6.45) is -0.0132. The third kappa shape index (κ3) is 3.59. The van der Waals surface area contributed by atoms with E-state index in [9.17, 15) is 9.90 Å². The maximum absolute atomic E-state index is 10.5. The highest BCUT2D eigenvalue weighted by atomic mass is 16.4. The predicted molar refractivity (Wildman–Crippen MR) is 56.8 cm³/mol. The van der Waals surface area contributed by atoms with Crippen LogP contribution in [0.3, 0.4) is 0 Å². The summed E-state index contributed by atoms with van der Waals surface area (Å²) in [6, 6.07) is 4.89. The van der Waals surface area contributed by atoms with Gasteiger partial charge in [0.15, 0.2) is 0 Å². The fourth-order valence-electron chi connectivity index (χ4n) is 1.39. The molecule has 1 aromatic rings. The molecule has 0 spiro atoms. The van der Waals surface area contributed by atoms with Crippen LogP contribution >= 0.6 is 0 Å². The number of carboxylic acid groups (broad SMARTS) is 1. The van der Waals surface area contributed by atoms with Gasteiger partial charge in [-0.1, -0.05) is 12.1 Å². The monoisotopic (exact) mass is 209 g/mol. The second-order valence-electron chi connectivity index (χ2n) is 3.77. The molecule has 0 aliphatic rings. The number of hydrogen-bond donors (Lipinski definition) is 2. The van der Waals surface area contributed by atoms with Gasteiger partial charge in [0.05, 0.1) is 6.42 Å². The van der Waals surface area contributed by atoms with Gasteiger partial charge in [-0.15, -0.1) is 0 Å². The molecule has 82 valence electrons. The van der Waals surface area contributed by atoms with E-state index in [-0.39, 0.29) is 12.2 Å². The van der Waals surface area contributed by atoms with Crippen LogP contribution < -0.4 is 0 Å². The number of carbonyl (C=O) groups is 1. The Morgan fingerprint density at radius 3 is 2.60 bits per heavy atom. The fraction of sp³-hybridized carbons (Fsp3) is 0.364. The zero-order valence-corrected chi connectivity index (χ0v) is 8.90. The second kappa shape index (κ2) is 4.79. The van der Waals surface area contributed by atoms with Crippen molar-refractivity contribution < 1.29 is 15.0 Å². The first-order chi connectivity index (χ1) is 6.99. The summed E-state index contributed by atoms with van der Waals surface area (Å²) in [7, 11) is 3.78. The largest absolute Gasteiger partial charge is 0.508 e. The van der Waals surface area contributed by atoms with Crippen molar-refractivity contribution >= 4 is 5.97 Å². The highest BCUT2D eigenvalue weighted by Gasteiger charge is 2.06. The lowest BCUT2D eigenvalue weighted by Crippen LogP contribution is -2.11. The van der Waals surface area contributed by atoms with Gasteiger partial charge in [-0.3, -0.25) is 4.79 Å². The van der Waals surface area contributed by atoms with Crippen LogP contribution in [0.4, 0.5) is 0 Å². The van der Waals surface area contributed by atoms with Crippen LogP contribution in [0.15, 0.2) is 18.2 Å². The molecular formula is C11H15NO3. The van der Waals surface area contributed by atoms with Gasteiger partial charge in [0.25, 0.3) is 0 Å². The molecule has 0 saturated carbocycles. The van der Waals surface area contributed by atoms with Crippen molar-refractivity contribution in [3.63, 3.8) is 0 Å². The van der Waals surface area contributed by atoms with Crippen molar-refractivity contribution in [1.29, 1.82) is 0 Å². The zero-order chi connectivity index (χ0) is 11.4. The molecule has 2 N–H and O–H groups in total. The molecule has 1 aromatic carbocycles. The van der Waals surface area contributed by atoms with E-state index in [0.29, 0.717) is 12.1 Å². The first-order valence-electron chi connectivity index (χ1n) is 4.66. The van der Waals surface area contributed by atoms with Gasteiger partial charge in [-0.25, -0.2) is 0 Å². The standard InChI is InChI=1S/C11H15NO3/c1-12(2)7-9-5-8(6-11(14)15)3-4-10(9)13/h3-5,13H,6-7H2,1-2H3,(H,14,15). The summed E-state index contributed by atoms with van der Waals surface area (Å²) < 4.78 is 0. The number of benzene rings is 1. The molecule has 0 saturated heterocycles. The lowest BCUT2D eigenvalue weighted by atomic mass is 10.1. The Bertz CT molecular complexity index is 361. The number of hydrogen-bond acceptors (Lipinski definition) is 3. The van der Waals surface area contributed by atoms with Crippen LogP contribution in [-0.2, 0) is 17.8 Å². The average molecular weight is 209 g/mol. The summed E-state index contributed by atoms with van der Waals surface area (Å²) in [5, 5.41) is 18.2. The quantitative estimate of drug-likeness (QED) is 0.779. The molecule has 4 nitrogen and oxygen atoms in total. The van der Waals surface area contributed by atoms with E-state index >= 15 is 0 Å². The Morgan fingerprint density at radius 2 is 2.07 bits per heavy atom. The minimum absolute atomic E-state index is 0.0132. The van der Waals surface area contributed by atoms with Crippen molar-refractivity contribution in [2.45, 2.75) is 13.0 Å². The normalized spacial score (nSPS) is 10.6. The van der Waals surface area contributed by atoms with Gasteiger partial charge in [0, 0.05) is 12.1 Å². The molecule has 0 bridgehead atoms. The molecule has 0 aliphatic carbocycles. The lowest BCUT2D eigenvalue weighted by Gasteiger charge is -2.12. The smallest absolute Gasteiger partial charge is 0.307 e. The lowest BCUT2D eigenvalue weighted by molar-refractivity contribution is -0.136. The van der Waals surface area contributed by atoms with Gasteiger partial charge in [-0.2, -0.15) is 0 Å². The van der Waals surface area contributed by atoms with Gasteiger partial charge in [0.2, 0.25) is 0 Å². The summed E-state index contributed by atoms with van der Waals surface area (Å²) in [4.78, 5) is 12.4. The minimum atomic E-state index is -0.864. The van der Waals surface area contributed by atoms with Crippen molar-refractivity contribution in [2.75, 3.05) is 14.1 Å².